The molecule has 1 N–H and O–H groups in total. The monoisotopic (exact) mass is 439 g/mol. The van der Waals surface area contributed by atoms with Gasteiger partial charge in [-0.3, -0.25) is 0 Å². The van der Waals surface area contributed by atoms with Crippen molar-refractivity contribution >= 4 is 21.8 Å². The van der Waals surface area contributed by atoms with Gasteiger partial charge in [-0.25, -0.2) is 0 Å². The summed E-state index contributed by atoms with van der Waals surface area (Å²) in [5.41, 5.74) is 11.4. The number of nitrogens with one attached hydrogen (secondary N) is 1. The normalized spacial score (nSPS) is 10.8. The van der Waals surface area contributed by atoms with E-state index in [0.29, 0.717) is 0 Å². The Balaban J connectivity index is 0.000000297. The first-order valence-electron chi connectivity index (χ1n) is 11.8. The zero-order valence-corrected chi connectivity index (χ0v) is 20.0. The Hall–Kier alpha value is -4.10. The predicted octanol–water partition coefficient (Wildman–Crippen LogP) is 9.27. The van der Waals surface area contributed by atoms with Crippen LogP contribution in [0.1, 0.15) is 16.7 Å². The molecular weight excluding hydrogens is 410 g/mol. The number of rotatable bonds is 2. The molecule has 0 fully saturated rings. The van der Waals surface area contributed by atoms with Gasteiger partial charge in [0.25, 0.3) is 0 Å². The third-order valence-corrected chi connectivity index (χ3v) is 6.45. The standard InChI is InChI=1S/C26H21N.C7H8/c1-17-7-3-4-8-21(17)23-15-19(12-11-18(23)2)20-13-14-26-24(16-20)22-9-5-6-10-25(22)27-26;1-7-5-3-2-4-6-7/h3-16,27H,1-2H3;2-6H,1H3. The third-order valence-electron chi connectivity index (χ3n) is 6.45. The van der Waals surface area contributed by atoms with E-state index < -0.39 is 0 Å². The molecule has 1 nitrogen and oxygen atoms in total. The highest BCUT2D eigenvalue weighted by Crippen LogP contribution is 2.34. The van der Waals surface area contributed by atoms with Crippen molar-refractivity contribution in [3.63, 3.8) is 0 Å². The summed E-state index contributed by atoms with van der Waals surface area (Å²) in [6.45, 7) is 6.45. The van der Waals surface area contributed by atoms with Gasteiger partial charge in [0, 0.05) is 21.8 Å². The molecule has 0 saturated carbocycles. The van der Waals surface area contributed by atoms with Crippen LogP contribution in [0.2, 0.25) is 0 Å². The number of H-pyrrole nitrogens is 1. The van der Waals surface area contributed by atoms with Gasteiger partial charge in [0.1, 0.15) is 0 Å². The van der Waals surface area contributed by atoms with Crippen LogP contribution in [0.4, 0.5) is 0 Å². The van der Waals surface area contributed by atoms with Crippen molar-refractivity contribution < 1.29 is 0 Å². The summed E-state index contributed by atoms with van der Waals surface area (Å²) in [5, 5.41) is 2.56. The number of para-hydroxylation sites is 1. The first kappa shape index (κ1) is 21.7. The quantitative estimate of drug-likeness (QED) is 0.277. The Bertz CT molecular complexity index is 1570. The second kappa shape index (κ2) is 9.41. The Morgan fingerprint density at radius 1 is 0.441 bits per heavy atom. The van der Waals surface area contributed by atoms with Crippen LogP contribution in [0.15, 0.2) is 115 Å². The number of aryl methyl sites for hydroxylation is 3. The number of hydrogen-bond donors (Lipinski definition) is 1. The predicted molar refractivity (Wildman–Crippen MR) is 147 cm³/mol. The van der Waals surface area contributed by atoms with Crippen LogP contribution in [0.3, 0.4) is 0 Å². The minimum atomic E-state index is 1.19. The summed E-state index contributed by atoms with van der Waals surface area (Å²) in [5.74, 6) is 0. The maximum absolute atomic E-state index is 3.51. The fraction of sp³-hybridized carbons (Fsp3) is 0.0909. The van der Waals surface area contributed by atoms with E-state index >= 15 is 0 Å². The number of hydrogen-bond acceptors (Lipinski definition) is 0. The largest absolute Gasteiger partial charge is 0.355 e. The summed E-state index contributed by atoms with van der Waals surface area (Å²) < 4.78 is 0. The molecule has 0 spiro atoms. The molecular formula is C33H29N. The molecule has 0 amide bonds. The van der Waals surface area contributed by atoms with Crippen LogP contribution in [0.5, 0.6) is 0 Å². The first-order valence-corrected chi connectivity index (χ1v) is 11.8. The van der Waals surface area contributed by atoms with Crippen molar-refractivity contribution in [1.82, 2.24) is 4.98 Å². The van der Waals surface area contributed by atoms with E-state index in [9.17, 15) is 0 Å². The molecule has 34 heavy (non-hydrogen) atoms. The van der Waals surface area contributed by atoms with E-state index in [-0.39, 0.29) is 0 Å². The number of aromatic amines is 1. The van der Waals surface area contributed by atoms with Gasteiger partial charge in [-0.05, 0) is 78.4 Å². The average Bonchev–Trinajstić information content (AvgIpc) is 3.24. The molecule has 0 aliphatic rings. The second-order valence-electron chi connectivity index (χ2n) is 8.93. The zero-order chi connectivity index (χ0) is 23.5. The topological polar surface area (TPSA) is 15.8 Å². The molecule has 166 valence electrons. The van der Waals surface area contributed by atoms with Gasteiger partial charge in [-0.15, -0.1) is 0 Å². The molecule has 0 atom stereocenters. The highest BCUT2D eigenvalue weighted by molar-refractivity contribution is 6.08. The number of aromatic nitrogens is 1. The van der Waals surface area contributed by atoms with Gasteiger partial charge in [0.2, 0.25) is 0 Å². The first-order chi connectivity index (χ1) is 16.6. The summed E-state index contributed by atoms with van der Waals surface area (Å²) in [7, 11) is 0. The lowest BCUT2D eigenvalue weighted by Gasteiger charge is -2.12. The second-order valence-corrected chi connectivity index (χ2v) is 8.93. The summed E-state index contributed by atoms with van der Waals surface area (Å²) >= 11 is 0. The van der Waals surface area contributed by atoms with Crippen LogP contribution in [0.25, 0.3) is 44.1 Å². The Morgan fingerprint density at radius 2 is 1.06 bits per heavy atom. The van der Waals surface area contributed by atoms with Crippen LogP contribution >= 0.6 is 0 Å². The van der Waals surface area contributed by atoms with Gasteiger partial charge in [0.05, 0.1) is 0 Å². The summed E-state index contributed by atoms with van der Waals surface area (Å²) in [6.07, 6.45) is 0. The Kier molecular flexibility index (Phi) is 6.01. The fourth-order valence-corrected chi connectivity index (χ4v) is 4.53. The lowest BCUT2D eigenvalue weighted by Crippen LogP contribution is -1.88. The molecule has 0 aliphatic carbocycles. The Morgan fingerprint density at radius 3 is 1.82 bits per heavy atom. The van der Waals surface area contributed by atoms with E-state index in [2.05, 4.69) is 123 Å². The molecule has 0 saturated heterocycles. The smallest absolute Gasteiger partial charge is 0.0465 e. The minimum Gasteiger partial charge on any atom is -0.355 e. The maximum Gasteiger partial charge on any atom is 0.0465 e. The van der Waals surface area contributed by atoms with Gasteiger partial charge >= 0.3 is 0 Å². The minimum absolute atomic E-state index is 1.19. The van der Waals surface area contributed by atoms with E-state index in [1.807, 2.05) is 18.2 Å². The zero-order valence-electron chi connectivity index (χ0n) is 20.0. The molecule has 1 heteroatoms. The van der Waals surface area contributed by atoms with Crippen molar-refractivity contribution in [2.75, 3.05) is 0 Å². The van der Waals surface area contributed by atoms with E-state index in [1.165, 1.54) is 60.8 Å². The number of fused-ring (bicyclic) bond motifs is 3. The third kappa shape index (κ3) is 4.38. The van der Waals surface area contributed by atoms with Crippen LogP contribution in [-0.2, 0) is 0 Å². The van der Waals surface area contributed by atoms with Crippen molar-refractivity contribution in [3.05, 3.63) is 132 Å². The van der Waals surface area contributed by atoms with E-state index in [1.54, 1.807) is 0 Å². The fourth-order valence-electron chi connectivity index (χ4n) is 4.53. The van der Waals surface area contributed by atoms with Crippen LogP contribution in [-0.4, -0.2) is 4.98 Å². The SMILES string of the molecule is Cc1ccccc1.Cc1ccccc1-c1cc(-c2ccc3[nH]c4ccccc4c3c2)ccc1C. The highest BCUT2D eigenvalue weighted by Gasteiger charge is 2.09. The van der Waals surface area contributed by atoms with Gasteiger partial charge in [-0.1, -0.05) is 96.6 Å². The molecule has 1 heterocycles. The molecule has 6 aromatic rings. The Labute approximate surface area is 201 Å². The van der Waals surface area contributed by atoms with E-state index in [4.69, 9.17) is 0 Å². The molecule has 0 unspecified atom stereocenters. The number of benzene rings is 5. The van der Waals surface area contributed by atoms with Gasteiger partial charge < -0.3 is 4.98 Å². The van der Waals surface area contributed by atoms with Gasteiger partial charge in [-0.2, -0.15) is 0 Å². The lowest BCUT2D eigenvalue weighted by atomic mass is 9.92. The molecule has 5 aromatic carbocycles. The van der Waals surface area contributed by atoms with E-state index in [0.717, 1.165) is 0 Å². The molecule has 1 aromatic heterocycles. The molecule has 0 bridgehead atoms. The van der Waals surface area contributed by atoms with Crippen molar-refractivity contribution in [1.29, 1.82) is 0 Å². The average molecular weight is 440 g/mol. The maximum atomic E-state index is 3.51. The van der Waals surface area contributed by atoms with Gasteiger partial charge in [0.15, 0.2) is 0 Å². The van der Waals surface area contributed by atoms with Crippen molar-refractivity contribution in [3.8, 4) is 22.3 Å². The summed E-state index contributed by atoms with van der Waals surface area (Å²) in [6, 6.07) is 40.9. The highest BCUT2D eigenvalue weighted by atomic mass is 14.7. The summed E-state index contributed by atoms with van der Waals surface area (Å²) in [4.78, 5) is 3.51. The van der Waals surface area contributed by atoms with Crippen molar-refractivity contribution in [2.24, 2.45) is 0 Å². The molecule has 6 rings (SSSR count). The van der Waals surface area contributed by atoms with Crippen molar-refractivity contribution in [2.45, 2.75) is 20.8 Å². The molecule has 0 radical (unpaired) electrons. The molecule has 0 aliphatic heterocycles. The van der Waals surface area contributed by atoms with Crippen LogP contribution in [0, 0.1) is 20.8 Å². The van der Waals surface area contributed by atoms with Crippen LogP contribution < -0.4 is 0 Å². The lowest BCUT2D eigenvalue weighted by molar-refractivity contribution is 1.41.